The summed E-state index contributed by atoms with van der Waals surface area (Å²) in [4.78, 5) is 16.2. The normalized spacial score (nSPS) is 19.6. The van der Waals surface area contributed by atoms with Gasteiger partial charge >= 0.3 is 0 Å². The highest BCUT2D eigenvalue weighted by Gasteiger charge is 2.26. The van der Waals surface area contributed by atoms with Crippen LogP contribution in [0.2, 0.25) is 5.02 Å². The van der Waals surface area contributed by atoms with Gasteiger partial charge in [0.05, 0.1) is 5.69 Å². The lowest BCUT2D eigenvalue weighted by atomic mass is 10.2. The third-order valence-corrected chi connectivity index (χ3v) is 3.95. The number of halogens is 1. The smallest absolute Gasteiger partial charge is 0.265 e. The fraction of sp³-hybridized carbons (Fsp3) is 0.500. The van der Waals surface area contributed by atoms with Gasteiger partial charge in [0.25, 0.3) is 5.91 Å². The second-order valence-corrected chi connectivity index (χ2v) is 5.47. The fourth-order valence-corrected chi connectivity index (χ4v) is 2.76. The van der Waals surface area contributed by atoms with Gasteiger partial charge in [-0.25, -0.2) is 0 Å². The van der Waals surface area contributed by atoms with Gasteiger partial charge in [0.15, 0.2) is 6.61 Å². The van der Waals surface area contributed by atoms with Gasteiger partial charge in [-0.1, -0.05) is 11.6 Å². The van der Waals surface area contributed by atoms with Gasteiger partial charge in [-0.15, -0.1) is 0 Å². The SMILES string of the molecule is O=C1COc2ccc(Cl)cc2N1CCN1CCNCC1. The van der Waals surface area contributed by atoms with Crippen LogP contribution in [0.5, 0.6) is 5.75 Å². The predicted octanol–water partition coefficient (Wildman–Crippen LogP) is 0.971. The molecule has 0 aliphatic carbocycles. The average Bonchev–Trinajstić information content (AvgIpc) is 2.47. The van der Waals surface area contributed by atoms with Gasteiger partial charge in [0.1, 0.15) is 5.75 Å². The maximum atomic E-state index is 12.1. The highest BCUT2D eigenvalue weighted by molar-refractivity contribution is 6.31. The van der Waals surface area contributed by atoms with E-state index in [2.05, 4.69) is 10.2 Å². The first-order valence-electron chi connectivity index (χ1n) is 6.90. The van der Waals surface area contributed by atoms with Gasteiger partial charge in [-0.05, 0) is 18.2 Å². The zero-order valence-electron chi connectivity index (χ0n) is 11.3. The Bertz CT molecular complexity index is 503. The lowest BCUT2D eigenvalue weighted by molar-refractivity contribution is -0.121. The van der Waals surface area contributed by atoms with E-state index in [0.29, 0.717) is 11.6 Å². The molecule has 1 aromatic carbocycles. The number of rotatable bonds is 3. The molecular formula is C14H18ClN3O2. The van der Waals surface area contributed by atoms with Gasteiger partial charge in [0.2, 0.25) is 0 Å². The Morgan fingerprint density at radius 1 is 1.25 bits per heavy atom. The molecule has 1 amide bonds. The van der Waals surface area contributed by atoms with E-state index in [9.17, 15) is 4.79 Å². The third-order valence-electron chi connectivity index (χ3n) is 3.71. The van der Waals surface area contributed by atoms with Crippen molar-refractivity contribution in [3.63, 3.8) is 0 Å². The number of anilines is 1. The average molecular weight is 296 g/mol. The van der Waals surface area contributed by atoms with Gasteiger partial charge in [0, 0.05) is 44.3 Å². The lowest BCUT2D eigenvalue weighted by Crippen LogP contribution is -2.48. The summed E-state index contributed by atoms with van der Waals surface area (Å²) < 4.78 is 5.44. The zero-order chi connectivity index (χ0) is 13.9. The summed E-state index contributed by atoms with van der Waals surface area (Å²) in [7, 11) is 0. The molecule has 1 N–H and O–H groups in total. The first kappa shape index (κ1) is 13.7. The summed E-state index contributed by atoms with van der Waals surface area (Å²) in [5, 5.41) is 3.94. The zero-order valence-corrected chi connectivity index (χ0v) is 12.0. The highest BCUT2D eigenvalue weighted by Crippen LogP contribution is 2.34. The molecule has 108 valence electrons. The molecule has 0 unspecified atom stereocenters. The lowest BCUT2D eigenvalue weighted by Gasteiger charge is -2.33. The number of nitrogens with one attached hydrogen (secondary N) is 1. The van der Waals surface area contributed by atoms with Gasteiger partial charge in [-0.3, -0.25) is 9.69 Å². The Morgan fingerprint density at radius 2 is 2.05 bits per heavy atom. The summed E-state index contributed by atoms with van der Waals surface area (Å²) in [6.45, 7) is 5.74. The molecule has 3 rings (SSSR count). The predicted molar refractivity (Wildman–Crippen MR) is 78.6 cm³/mol. The molecule has 0 bridgehead atoms. The highest BCUT2D eigenvalue weighted by atomic mass is 35.5. The number of amides is 1. The van der Waals surface area contributed by atoms with Crippen LogP contribution in [0.3, 0.4) is 0 Å². The second kappa shape index (κ2) is 5.99. The van der Waals surface area contributed by atoms with E-state index in [4.69, 9.17) is 16.3 Å². The number of carbonyl (C=O) groups excluding carboxylic acids is 1. The maximum absolute atomic E-state index is 12.1. The quantitative estimate of drug-likeness (QED) is 0.903. The van der Waals surface area contributed by atoms with E-state index in [1.807, 2.05) is 6.07 Å². The van der Waals surface area contributed by atoms with Crippen molar-refractivity contribution in [1.29, 1.82) is 0 Å². The van der Waals surface area contributed by atoms with Crippen LogP contribution >= 0.6 is 11.6 Å². The van der Waals surface area contributed by atoms with Crippen LogP contribution in [0.15, 0.2) is 18.2 Å². The number of nitrogens with zero attached hydrogens (tertiary/aromatic N) is 2. The first-order valence-corrected chi connectivity index (χ1v) is 7.27. The standard InChI is InChI=1S/C14H18ClN3O2/c15-11-1-2-13-12(9-11)18(14(19)10-20-13)8-7-17-5-3-16-4-6-17/h1-2,9,16H,3-8,10H2. The minimum absolute atomic E-state index is 0.00472. The van der Waals surface area contributed by atoms with E-state index >= 15 is 0 Å². The Hall–Kier alpha value is -1.30. The van der Waals surface area contributed by atoms with Crippen LogP contribution in [0.25, 0.3) is 0 Å². The van der Waals surface area contributed by atoms with E-state index in [0.717, 1.165) is 44.2 Å². The Kier molecular flexibility index (Phi) is 4.10. The van der Waals surface area contributed by atoms with Crippen LogP contribution in [-0.4, -0.2) is 56.7 Å². The summed E-state index contributed by atoms with van der Waals surface area (Å²) in [6.07, 6.45) is 0. The molecule has 2 aliphatic heterocycles. The molecule has 0 radical (unpaired) electrons. The molecule has 6 heteroatoms. The summed E-state index contributed by atoms with van der Waals surface area (Å²) >= 11 is 6.03. The summed E-state index contributed by atoms with van der Waals surface area (Å²) in [5.41, 5.74) is 0.781. The van der Waals surface area contributed by atoms with E-state index in [1.54, 1.807) is 17.0 Å². The number of fused-ring (bicyclic) bond motifs is 1. The van der Waals surface area contributed by atoms with Crippen molar-refractivity contribution in [3.8, 4) is 5.75 Å². The van der Waals surface area contributed by atoms with Crippen molar-refractivity contribution in [1.82, 2.24) is 10.2 Å². The number of benzene rings is 1. The van der Waals surface area contributed by atoms with E-state index < -0.39 is 0 Å². The Balaban J connectivity index is 1.71. The van der Waals surface area contributed by atoms with Gasteiger partial charge < -0.3 is 15.0 Å². The molecule has 1 fully saturated rings. The fourth-order valence-electron chi connectivity index (χ4n) is 2.60. The topological polar surface area (TPSA) is 44.8 Å². The molecule has 0 atom stereocenters. The van der Waals surface area contributed by atoms with Crippen LogP contribution in [0, 0.1) is 0 Å². The van der Waals surface area contributed by atoms with Crippen molar-refractivity contribution < 1.29 is 9.53 Å². The first-order chi connectivity index (χ1) is 9.74. The molecule has 2 heterocycles. The number of hydrogen-bond donors (Lipinski definition) is 1. The number of carbonyl (C=O) groups is 1. The van der Waals surface area contributed by atoms with Crippen LogP contribution in [-0.2, 0) is 4.79 Å². The van der Waals surface area contributed by atoms with Crippen LogP contribution < -0.4 is 15.0 Å². The largest absolute Gasteiger partial charge is 0.482 e. The molecule has 5 nitrogen and oxygen atoms in total. The van der Waals surface area contributed by atoms with E-state index in [1.165, 1.54) is 0 Å². The molecule has 0 saturated carbocycles. The molecule has 2 aliphatic rings. The minimum Gasteiger partial charge on any atom is -0.482 e. The monoisotopic (exact) mass is 295 g/mol. The number of hydrogen-bond acceptors (Lipinski definition) is 4. The third kappa shape index (κ3) is 2.90. The van der Waals surface area contributed by atoms with Crippen molar-refractivity contribution in [3.05, 3.63) is 23.2 Å². The maximum Gasteiger partial charge on any atom is 0.265 e. The second-order valence-electron chi connectivity index (χ2n) is 5.04. The van der Waals surface area contributed by atoms with Crippen LogP contribution in [0.1, 0.15) is 0 Å². The number of ether oxygens (including phenoxy) is 1. The van der Waals surface area contributed by atoms with E-state index in [-0.39, 0.29) is 12.5 Å². The molecule has 0 spiro atoms. The summed E-state index contributed by atoms with van der Waals surface area (Å²) in [6, 6.07) is 5.40. The Morgan fingerprint density at radius 3 is 2.85 bits per heavy atom. The number of piperazine rings is 1. The van der Waals surface area contributed by atoms with Crippen LogP contribution in [0.4, 0.5) is 5.69 Å². The van der Waals surface area contributed by atoms with Crippen molar-refractivity contribution in [2.24, 2.45) is 0 Å². The minimum atomic E-state index is -0.00472. The van der Waals surface area contributed by atoms with Crippen molar-refractivity contribution in [2.75, 3.05) is 50.8 Å². The Labute approximate surface area is 123 Å². The molecule has 20 heavy (non-hydrogen) atoms. The molecular weight excluding hydrogens is 278 g/mol. The summed E-state index contributed by atoms with van der Waals surface area (Å²) in [5.74, 6) is 0.726. The molecule has 0 aromatic heterocycles. The van der Waals surface area contributed by atoms with Gasteiger partial charge in [-0.2, -0.15) is 0 Å². The van der Waals surface area contributed by atoms with Crippen molar-refractivity contribution in [2.45, 2.75) is 0 Å². The van der Waals surface area contributed by atoms with Crippen molar-refractivity contribution >= 4 is 23.2 Å². The molecule has 1 aromatic rings. The molecule has 1 saturated heterocycles.